The monoisotopic (exact) mass is 193 g/mol. The molecule has 0 atom stereocenters. The summed E-state index contributed by atoms with van der Waals surface area (Å²) >= 11 is 0. The smallest absolute Gasteiger partial charge is 0.264 e. The van der Waals surface area contributed by atoms with Crippen molar-refractivity contribution in [1.82, 2.24) is 0 Å². The van der Waals surface area contributed by atoms with Crippen molar-refractivity contribution in [1.29, 1.82) is 0 Å². The van der Waals surface area contributed by atoms with Crippen LogP contribution in [0.3, 0.4) is 0 Å². The minimum absolute atomic E-state index is 0.000556. The first kappa shape index (κ1) is 8.94. The molecule has 0 unspecified atom stereocenters. The third-order valence-corrected chi connectivity index (χ3v) is 2.20. The third kappa shape index (κ3) is 1.31. The summed E-state index contributed by atoms with van der Waals surface area (Å²) in [5.41, 5.74) is 6.06. The maximum absolute atomic E-state index is 12.6. The summed E-state index contributed by atoms with van der Waals surface area (Å²) in [5, 5.41) is 1.22. The number of rotatable bonds is 1. The molecule has 0 heterocycles. The number of benzene rings is 2. The van der Waals surface area contributed by atoms with Crippen LogP contribution < -0.4 is 5.73 Å². The van der Waals surface area contributed by atoms with Crippen molar-refractivity contribution in [2.75, 3.05) is 5.73 Å². The van der Waals surface area contributed by atoms with E-state index in [1.807, 2.05) is 0 Å². The first-order chi connectivity index (χ1) is 6.70. The Labute approximate surface area is 80.1 Å². The Balaban J connectivity index is 2.84. The van der Waals surface area contributed by atoms with Crippen molar-refractivity contribution in [3.05, 3.63) is 42.0 Å². The van der Waals surface area contributed by atoms with Crippen molar-refractivity contribution >= 4 is 16.5 Å². The van der Waals surface area contributed by atoms with Gasteiger partial charge in [-0.3, -0.25) is 0 Å². The van der Waals surface area contributed by atoms with Crippen molar-refractivity contribution in [2.45, 2.75) is 6.43 Å². The minimum atomic E-state index is -2.48. The molecule has 72 valence electrons. The van der Waals surface area contributed by atoms with Crippen molar-refractivity contribution in [3.63, 3.8) is 0 Å². The number of hydrogen-bond donors (Lipinski definition) is 1. The van der Waals surface area contributed by atoms with E-state index >= 15 is 0 Å². The van der Waals surface area contributed by atoms with Crippen LogP contribution in [0, 0.1) is 0 Å². The van der Waals surface area contributed by atoms with Gasteiger partial charge in [-0.05, 0) is 11.5 Å². The average molecular weight is 193 g/mol. The molecule has 2 N–H and O–H groups in total. The highest BCUT2D eigenvalue weighted by molar-refractivity contribution is 5.95. The Morgan fingerprint density at radius 1 is 1.00 bits per heavy atom. The van der Waals surface area contributed by atoms with Crippen LogP contribution in [0.4, 0.5) is 14.5 Å². The Morgan fingerprint density at radius 3 is 2.29 bits per heavy atom. The first-order valence-corrected chi connectivity index (χ1v) is 4.25. The molecule has 2 rings (SSSR count). The van der Waals surface area contributed by atoms with Gasteiger partial charge in [0, 0.05) is 16.6 Å². The summed E-state index contributed by atoms with van der Waals surface area (Å²) < 4.78 is 25.2. The molecular formula is C11H9F2N. The van der Waals surface area contributed by atoms with Gasteiger partial charge in [-0.25, -0.2) is 8.78 Å². The molecule has 2 aromatic rings. The van der Waals surface area contributed by atoms with E-state index in [0.717, 1.165) is 5.39 Å². The maximum Gasteiger partial charge on any atom is 0.264 e. The normalized spacial score (nSPS) is 11.1. The minimum Gasteiger partial charge on any atom is -0.398 e. The van der Waals surface area contributed by atoms with Gasteiger partial charge in [-0.1, -0.05) is 30.3 Å². The zero-order chi connectivity index (χ0) is 10.1. The molecule has 2 aromatic carbocycles. The van der Waals surface area contributed by atoms with Gasteiger partial charge in [0.25, 0.3) is 6.43 Å². The number of nitrogen functional groups attached to an aromatic ring is 1. The van der Waals surface area contributed by atoms with E-state index in [2.05, 4.69) is 0 Å². The zero-order valence-electron chi connectivity index (χ0n) is 7.37. The Bertz CT molecular complexity index is 461. The molecule has 0 bridgehead atoms. The van der Waals surface area contributed by atoms with Gasteiger partial charge in [-0.2, -0.15) is 0 Å². The maximum atomic E-state index is 12.6. The van der Waals surface area contributed by atoms with E-state index in [0.29, 0.717) is 11.1 Å². The van der Waals surface area contributed by atoms with Gasteiger partial charge < -0.3 is 5.73 Å². The van der Waals surface area contributed by atoms with Crippen molar-refractivity contribution in [3.8, 4) is 0 Å². The highest BCUT2D eigenvalue weighted by Gasteiger charge is 2.12. The van der Waals surface area contributed by atoms with E-state index < -0.39 is 6.43 Å². The molecule has 0 saturated carbocycles. The molecular weight excluding hydrogens is 184 g/mol. The fourth-order valence-electron chi connectivity index (χ4n) is 1.58. The van der Waals surface area contributed by atoms with Gasteiger partial charge in [0.1, 0.15) is 0 Å². The topological polar surface area (TPSA) is 26.0 Å². The molecule has 0 aliphatic heterocycles. The third-order valence-electron chi connectivity index (χ3n) is 2.20. The second kappa shape index (κ2) is 3.25. The van der Waals surface area contributed by atoms with Gasteiger partial charge in [0.15, 0.2) is 0 Å². The summed E-state index contributed by atoms with van der Waals surface area (Å²) in [4.78, 5) is 0. The fraction of sp³-hybridized carbons (Fsp3) is 0.0909. The van der Waals surface area contributed by atoms with E-state index in [-0.39, 0.29) is 5.56 Å². The Kier molecular flexibility index (Phi) is 2.08. The van der Waals surface area contributed by atoms with Gasteiger partial charge in [-0.15, -0.1) is 0 Å². The molecule has 3 heteroatoms. The van der Waals surface area contributed by atoms with Crippen LogP contribution in [0.1, 0.15) is 12.0 Å². The summed E-state index contributed by atoms with van der Waals surface area (Å²) in [7, 11) is 0. The molecule has 1 nitrogen and oxygen atoms in total. The second-order valence-corrected chi connectivity index (χ2v) is 3.09. The first-order valence-electron chi connectivity index (χ1n) is 4.25. The highest BCUT2D eigenvalue weighted by atomic mass is 19.3. The van der Waals surface area contributed by atoms with E-state index in [1.54, 1.807) is 30.3 Å². The number of hydrogen-bond acceptors (Lipinski definition) is 1. The summed E-state index contributed by atoms with van der Waals surface area (Å²) in [5.74, 6) is 0. The largest absolute Gasteiger partial charge is 0.398 e. The predicted octanol–water partition coefficient (Wildman–Crippen LogP) is 3.36. The summed E-state index contributed by atoms with van der Waals surface area (Å²) in [6.07, 6.45) is -2.48. The second-order valence-electron chi connectivity index (χ2n) is 3.09. The quantitative estimate of drug-likeness (QED) is 0.690. The van der Waals surface area contributed by atoms with Crippen molar-refractivity contribution < 1.29 is 8.78 Å². The van der Waals surface area contributed by atoms with Crippen LogP contribution in [-0.2, 0) is 0 Å². The molecule has 14 heavy (non-hydrogen) atoms. The zero-order valence-corrected chi connectivity index (χ0v) is 7.37. The number of fused-ring (bicyclic) bond motifs is 1. The molecule has 0 aliphatic rings. The number of nitrogens with two attached hydrogens (primary N) is 1. The molecule has 0 spiro atoms. The van der Waals surface area contributed by atoms with E-state index in [4.69, 9.17) is 5.73 Å². The molecule has 0 aromatic heterocycles. The van der Waals surface area contributed by atoms with Gasteiger partial charge in [0.2, 0.25) is 0 Å². The lowest BCUT2D eigenvalue weighted by molar-refractivity contribution is 0.153. The molecule has 0 amide bonds. The average Bonchev–Trinajstić information content (AvgIpc) is 2.17. The number of alkyl halides is 2. The van der Waals surface area contributed by atoms with E-state index in [9.17, 15) is 8.78 Å². The number of anilines is 1. The lowest BCUT2D eigenvalue weighted by Crippen LogP contribution is -1.92. The lowest BCUT2D eigenvalue weighted by atomic mass is 10.0. The molecule has 0 aliphatic carbocycles. The molecule has 0 radical (unpaired) electrons. The Morgan fingerprint density at radius 2 is 1.64 bits per heavy atom. The van der Waals surface area contributed by atoms with Gasteiger partial charge in [0.05, 0.1) is 0 Å². The van der Waals surface area contributed by atoms with Crippen molar-refractivity contribution in [2.24, 2.45) is 0 Å². The number of halogens is 2. The van der Waals surface area contributed by atoms with Crippen LogP contribution in [0.15, 0.2) is 36.4 Å². The molecule has 0 fully saturated rings. The SMILES string of the molecule is Nc1cccc2cccc(C(F)F)c12. The molecule has 0 saturated heterocycles. The fourth-order valence-corrected chi connectivity index (χ4v) is 1.58. The standard InChI is InChI=1S/C11H9F2N/c12-11(13)8-5-1-3-7-4-2-6-9(14)10(7)8/h1-6,11H,14H2. The summed E-state index contributed by atoms with van der Waals surface area (Å²) in [6.45, 7) is 0. The van der Waals surface area contributed by atoms with E-state index in [1.165, 1.54) is 6.07 Å². The lowest BCUT2D eigenvalue weighted by Gasteiger charge is -2.07. The van der Waals surface area contributed by atoms with Crippen LogP contribution in [-0.4, -0.2) is 0 Å². The highest BCUT2D eigenvalue weighted by Crippen LogP contribution is 2.31. The summed E-state index contributed by atoms with van der Waals surface area (Å²) in [6, 6.07) is 9.96. The van der Waals surface area contributed by atoms with Crippen LogP contribution in [0.25, 0.3) is 10.8 Å². The van der Waals surface area contributed by atoms with Gasteiger partial charge >= 0.3 is 0 Å². The predicted molar refractivity (Wildman–Crippen MR) is 53.3 cm³/mol. The van der Waals surface area contributed by atoms with Crippen LogP contribution in [0.2, 0.25) is 0 Å². The van der Waals surface area contributed by atoms with Crippen LogP contribution >= 0.6 is 0 Å². The van der Waals surface area contributed by atoms with Crippen LogP contribution in [0.5, 0.6) is 0 Å². The Hall–Kier alpha value is -1.64.